The summed E-state index contributed by atoms with van der Waals surface area (Å²) in [6, 6.07) is 8.25. The van der Waals surface area contributed by atoms with Crippen LogP contribution in [0.3, 0.4) is 0 Å². The Morgan fingerprint density at radius 2 is 2.14 bits per heavy atom. The first-order valence-electron chi connectivity index (χ1n) is 10.0. The van der Waals surface area contributed by atoms with E-state index in [1.54, 1.807) is 18.3 Å². The topological polar surface area (TPSA) is 74.9 Å². The number of aryl methyl sites for hydroxylation is 2. The quantitative estimate of drug-likeness (QED) is 0.661. The van der Waals surface area contributed by atoms with Gasteiger partial charge in [0, 0.05) is 44.4 Å². The van der Waals surface area contributed by atoms with E-state index >= 15 is 0 Å². The van der Waals surface area contributed by atoms with Crippen molar-refractivity contribution in [1.29, 1.82) is 0 Å². The highest BCUT2D eigenvalue weighted by molar-refractivity contribution is 7.18. The van der Waals surface area contributed by atoms with E-state index in [-0.39, 0.29) is 0 Å². The fourth-order valence-electron chi connectivity index (χ4n) is 3.90. The number of fused-ring (bicyclic) bond motifs is 1. The van der Waals surface area contributed by atoms with Crippen LogP contribution in [0.4, 0.5) is 0 Å². The normalized spacial score (nSPS) is 20.8. The molecule has 0 aliphatic carbocycles. The number of piperazine rings is 1. The Hall–Kier alpha value is -2.00. The van der Waals surface area contributed by atoms with E-state index in [1.165, 1.54) is 0 Å². The summed E-state index contributed by atoms with van der Waals surface area (Å²) in [5.41, 5.74) is 1.90. The van der Waals surface area contributed by atoms with Gasteiger partial charge in [0.1, 0.15) is 17.6 Å². The monoisotopic (exact) mass is 416 g/mol. The molecule has 3 atom stereocenters. The van der Waals surface area contributed by atoms with Crippen LogP contribution >= 0.6 is 11.3 Å². The van der Waals surface area contributed by atoms with E-state index in [0.717, 1.165) is 58.6 Å². The average molecular weight is 417 g/mol. The van der Waals surface area contributed by atoms with Crippen LogP contribution in [0.2, 0.25) is 0 Å². The lowest BCUT2D eigenvalue weighted by Crippen LogP contribution is -2.58. The molecule has 0 saturated carbocycles. The molecule has 1 aliphatic heterocycles. The summed E-state index contributed by atoms with van der Waals surface area (Å²) in [5, 5.41) is 15.6. The summed E-state index contributed by atoms with van der Waals surface area (Å²) in [6.07, 6.45) is -1.01. The molecular weight excluding hydrogens is 388 g/mol. The first-order valence-corrected chi connectivity index (χ1v) is 10.8. The lowest BCUT2D eigenvalue weighted by Gasteiger charge is -2.43. The van der Waals surface area contributed by atoms with Gasteiger partial charge < -0.3 is 14.4 Å². The Balaban J connectivity index is 1.43. The van der Waals surface area contributed by atoms with E-state index < -0.39 is 12.3 Å². The second kappa shape index (κ2) is 8.39. The van der Waals surface area contributed by atoms with Crippen molar-refractivity contribution in [3.63, 3.8) is 0 Å². The number of thiazole rings is 1. The second-order valence-electron chi connectivity index (χ2n) is 7.85. The van der Waals surface area contributed by atoms with Crippen molar-refractivity contribution < 1.29 is 14.4 Å². The van der Waals surface area contributed by atoms with Crippen molar-refractivity contribution in [1.82, 2.24) is 19.9 Å². The molecule has 3 aromatic rings. The van der Waals surface area contributed by atoms with Crippen LogP contribution < -0.4 is 4.74 Å². The molecular formula is C21H28N4O3S. The highest BCUT2D eigenvalue weighted by Crippen LogP contribution is 2.27. The van der Waals surface area contributed by atoms with E-state index in [2.05, 4.69) is 26.9 Å². The predicted octanol–water partition coefficient (Wildman–Crippen LogP) is 3.19. The van der Waals surface area contributed by atoms with E-state index in [0.29, 0.717) is 6.04 Å². The minimum Gasteiger partial charge on any atom is -0.472 e. The fourth-order valence-corrected chi connectivity index (χ4v) is 4.71. The first-order chi connectivity index (χ1) is 13.9. The van der Waals surface area contributed by atoms with Crippen LogP contribution in [0.5, 0.6) is 5.75 Å². The third-order valence-electron chi connectivity index (χ3n) is 5.33. The van der Waals surface area contributed by atoms with Crippen LogP contribution in [0.25, 0.3) is 10.2 Å². The first kappa shape index (κ1) is 20.3. The van der Waals surface area contributed by atoms with Crippen LogP contribution in [-0.2, 0) is 6.54 Å². The zero-order valence-corrected chi connectivity index (χ0v) is 18.1. The van der Waals surface area contributed by atoms with Crippen molar-refractivity contribution in [2.24, 2.45) is 0 Å². The lowest BCUT2D eigenvalue weighted by atomic mass is 10.1. The average Bonchev–Trinajstić information content (AvgIpc) is 3.25. The molecule has 4 rings (SSSR count). The largest absolute Gasteiger partial charge is 0.472 e. The van der Waals surface area contributed by atoms with Crippen molar-refractivity contribution in [3.8, 4) is 5.75 Å². The zero-order chi connectivity index (χ0) is 20.5. The van der Waals surface area contributed by atoms with E-state index in [9.17, 15) is 5.11 Å². The number of aliphatic hydroxyl groups excluding tert-OH is 1. The molecule has 0 amide bonds. The number of aliphatic hydroxyl groups is 1. The number of benzene rings is 1. The molecule has 1 aromatic carbocycles. The molecule has 1 aliphatic rings. The maximum Gasteiger partial charge on any atom is 0.178 e. The van der Waals surface area contributed by atoms with Gasteiger partial charge in [-0.05, 0) is 39.8 Å². The number of hydrogen-bond acceptors (Lipinski definition) is 8. The molecule has 3 heterocycles. The highest BCUT2D eigenvalue weighted by atomic mass is 32.1. The highest BCUT2D eigenvalue weighted by Gasteiger charge is 2.32. The molecule has 8 heteroatoms. The standard InChI is InChI=1S/C21H28N4O3S/c1-13-11-25(8-7-24(13)12-17-9-14(2)28-23-17)21(15(3)26)27-18-5-6-20-19(10-18)22-16(4)29-20/h5-6,9-10,13,15,21,26H,7-8,11-12H2,1-4H3/t13-,15+,21?/m0/s1. The summed E-state index contributed by atoms with van der Waals surface area (Å²) < 4.78 is 12.6. The summed E-state index contributed by atoms with van der Waals surface area (Å²) in [6.45, 7) is 11.2. The van der Waals surface area contributed by atoms with Crippen molar-refractivity contribution in [3.05, 3.63) is 40.7 Å². The molecule has 7 nitrogen and oxygen atoms in total. The predicted molar refractivity (Wildman–Crippen MR) is 113 cm³/mol. The zero-order valence-electron chi connectivity index (χ0n) is 17.3. The van der Waals surface area contributed by atoms with Crippen LogP contribution in [0.1, 0.15) is 30.3 Å². The lowest BCUT2D eigenvalue weighted by molar-refractivity contribution is -0.0856. The number of nitrogens with zero attached hydrogens (tertiary/aromatic N) is 4. The Bertz CT molecular complexity index is 970. The van der Waals surface area contributed by atoms with Gasteiger partial charge in [0.05, 0.1) is 20.9 Å². The Labute approximate surface area is 174 Å². The summed E-state index contributed by atoms with van der Waals surface area (Å²) in [4.78, 5) is 9.15. The van der Waals surface area contributed by atoms with Gasteiger partial charge in [-0.2, -0.15) is 0 Å². The molecule has 29 heavy (non-hydrogen) atoms. The van der Waals surface area contributed by atoms with Gasteiger partial charge in [0.2, 0.25) is 0 Å². The van der Waals surface area contributed by atoms with Crippen LogP contribution in [-0.4, -0.2) is 63.1 Å². The molecule has 1 unspecified atom stereocenters. The van der Waals surface area contributed by atoms with Crippen molar-refractivity contribution in [2.75, 3.05) is 19.6 Å². The summed E-state index contributed by atoms with van der Waals surface area (Å²) >= 11 is 1.67. The number of aromatic nitrogens is 2. The Kier molecular flexibility index (Phi) is 5.87. The van der Waals surface area contributed by atoms with Gasteiger partial charge in [-0.1, -0.05) is 5.16 Å². The Morgan fingerprint density at radius 1 is 1.31 bits per heavy atom. The molecule has 0 bridgehead atoms. The molecule has 0 radical (unpaired) electrons. The third kappa shape index (κ3) is 4.61. The number of rotatable bonds is 6. The maximum absolute atomic E-state index is 10.4. The second-order valence-corrected chi connectivity index (χ2v) is 9.09. The smallest absolute Gasteiger partial charge is 0.178 e. The minimum absolute atomic E-state index is 0.314. The minimum atomic E-state index is -0.611. The van der Waals surface area contributed by atoms with Gasteiger partial charge in [-0.15, -0.1) is 11.3 Å². The van der Waals surface area contributed by atoms with Crippen molar-refractivity contribution >= 4 is 21.6 Å². The van der Waals surface area contributed by atoms with Gasteiger partial charge >= 0.3 is 0 Å². The van der Waals surface area contributed by atoms with E-state index in [1.807, 2.05) is 38.1 Å². The fraction of sp³-hybridized carbons (Fsp3) is 0.524. The Morgan fingerprint density at radius 3 is 2.83 bits per heavy atom. The molecule has 2 aromatic heterocycles. The SMILES string of the molecule is Cc1cc(CN2CCN(C(Oc3ccc4sc(C)nc4c3)[C@@H](C)O)C[C@@H]2C)no1. The van der Waals surface area contributed by atoms with Crippen molar-refractivity contribution in [2.45, 2.75) is 52.6 Å². The van der Waals surface area contributed by atoms with Gasteiger partial charge in [-0.25, -0.2) is 4.98 Å². The third-order valence-corrected chi connectivity index (χ3v) is 6.29. The number of ether oxygens (including phenoxy) is 1. The van der Waals surface area contributed by atoms with Gasteiger partial charge in [0.25, 0.3) is 0 Å². The maximum atomic E-state index is 10.4. The molecule has 0 spiro atoms. The van der Waals surface area contributed by atoms with Gasteiger partial charge in [-0.3, -0.25) is 9.80 Å². The molecule has 1 fully saturated rings. The summed E-state index contributed by atoms with van der Waals surface area (Å²) in [5.74, 6) is 1.57. The van der Waals surface area contributed by atoms with Crippen LogP contribution in [0.15, 0.2) is 28.8 Å². The van der Waals surface area contributed by atoms with Gasteiger partial charge in [0.15, 0.2) is 6.23 Å². The molecule has 1 N–H and O–H groups in total. The van der Waals surface area contributed by atoms with E-state index in [4.69, 9.17) is 9.26 Å². The van der Waals surface area contributed by atoms with Crippen LogP contribution in [0, 0.1) is 13.8 Å². The molecule has 1 saturated heterocycles. The number of hydrogen-bond donors (Lipinski definition) is 1. The molecule has 156 valence electrons. The summed E-state index contributed by atoms with van der Waals surface area (Å²) in [7, 11) is 0.